The Morgan fingerprint density at radius 1 is 0.926 bits per heavy atom. The molecule has 0 radical (unpaired) electrons. The van der Waals surface area contributed by atoms with Gasteiger partial charge in [0.25, 0.3) is 5.91 Å². The van der Waals surface area contributed by atoms with Crippen molar-refractivity contribution in [2.24, 2.45) is 11.8 Å². The lowest BCUT2D eigenvalue weighted by atomic mass is 9.77. The Hall–Kier alpha value is -1.52. The average molecular weight is 379 g/mol. The summed E-state index contributed by atoms with van der Waals surface area (Å²) in [5.41, 5.74) is 0.372. The van der Waals surface area contributed by atoms with Crippen LogP contribution in [0, 0.1) is 11.8 Å². The lowest BCUT2D eigenvalue weighted by molar-refractivity contribution is -0.137. The van der Waals surface area contributed by atoms with Crippen LogP contribution in [-0.4, -0.2) is 11.9 Å². The zero-order valence-corrected chi connectivity index (χ0v) is 15.7. The van der Waals surface area contributed by atoms with E-state index in [1.165, 1.54) is 44.2 Å². The van der Waals surface area contributed by atoms with Crippen molar-refractivity contribution in [3.8, 4) is 0 Å². The minimum atomic E-state index is -4.36. The van der Waals surface area contributed by atoms with E-state index >= 15 is 0 Å². The third-order valence-corrected chi connectivity index (χ3v) is 6.78. The number of rotatable bonds is 4. The van der Waals surface area contributed by atoms with Crippen LogP contribution in [0.15, 0.2) is 18.2 Å². The first kappa shape index (κ1) is 18.8. The third kappa shape index (κ3) is 4.17. The number of benzene rings is 1. The summed E-state index contributed by atoms with van der Waals surface area (Å²) in [5, 5.41) is 3.20. The Bertz CT molecular complexity index is 689. The van der Waals surface area contributed by atoms with Crippen LogP contribution in [0.4, 0.5) is 13.2 Å². The topological polar surface area (TPSA) is 29.1 Å². The monoisotopic (exact) mass is 379 g/mol. The van der Waals surface area contributed by atoms with Gasteiger partial charge in [-0.25, -0.2) is 0 Å². The number of hydrogen-bond donors (Lipinski definition) is 1. The summed E-state index contributed by atoms with van der Waals surface area (Å²) in [6, 6.07) is 3.81. The zero-order chi connectivity index (χ0) is 19.0. The van der Waals surface area contributed by atoms with E-state index in [4.69, 9.17) is 0 Å². The van der Waals surface area contributed by atoms with Crippen LogP contribution in [0.3, 0.4) is 0 Å². The molecular formula is C22H28F3NO. The second kappa shape index (κ2) is 7.48. The van der Waals surface area contributed by atoms with Crippen LogP contribution in [0.5, 0.6) is 0 Å². The molecule has 3 aliphatic carbocycles. The second-order valence-corrected chi connectivity index (χ2v) is 8.65. The van der Waals surface area contributed by atoms with Crippen LogP contribution >= 0.6 is 0 Å². The van der Waals surface area contributed by atoms with Gasteiger partial charge in [-0.05, 0) is 67.2 Å². The van der Waals surface area contributed by atoms with Crippen molar-refractivity contribution in [2.75, 3.05) is 0 Å². The molecule has 0 heterocycles. The summed E-state index contributed by atoms with van der Waals surface area (Å²) < 4.78 is 39.2. The predicted molar refractivity (Wildman–Crippen MR) is 98.6 cm³/mol. The summed E-state index contributed by atoms with van der Waals surface area (Å²) in [7, 11) is 0. The van der Waals surface area contributed by atoms with Gasteiger partial charge in [-0.3, -0.25) is 4.79 Å². The van der Waals surface area contributed by atoms with Crippen LogP contribution < -0.4 is 5.32 Å². The lowest BCUT2D eigenvalue weighted by Gasteiger charge is -2.32. The molecule has 2 atom stereocenters. The molecule has 0 saturated heterocycles. The average Bonchev–Trinajstić information content (AvgIpc) is 3.40. The van der Waals surface area contributed by atoms with E-state index < -0.39 is 11.7 Å². The predicted octanol–water partition coefficient (Wildman–Crippen LogP) is 6.06. The summed E-state index contributed by atoms with van der Waals surface area (Å²) in [5.74, 6) is 1.15. The van der Waals surface area contributed by atoms with Gasteiger partial charge in [0.1, 0.15) is 0 Å². The minimum Gasteiger partial charge on any atom is -0.349 e. The molecule has 27 heavy (non-hydrogen) atoms. The minimum absolute atomic E-state index is 0.103. The standard InChI is InChI=1S/C22H28F3NO/c23-22(24,25)16-11-12-18(19(13-16)15-9-10-15)21(27)26-20-8-4-7-17(20)14-5-2-1-3-6-14/h11-15,17,20H,1-10H2,(H,26,27)/t17-,20-/m0/s1. The molecule has 3 fully saturated rings. The largest absolute Gasteiger partial charge is 0.416 e. The molecule has 0 aromatic heterocycles. The molecule has 3 saturated carbocycles. The number of hydrogen-bond acceptors (Lipinski definition) is 1. The van der Waals surface area contributed by atoms with Gasteiger partial charge in [-0.1, -0.05) is 38.5 Å². The van der Waals surface area contributed by atoms with Crippen molar-refractivity contribution < 1.29 is 18.0 Å². The highest BCUT2D eigenvalue weighted by atomic mass is 19.4. The maximum atomic E-state index is 13.1. The van der Waals surface area contributed by atoms with Crippen LogP contribution in [0.25, 0.3) is 0 Å². The van der Waals surface area contributed by atoms with Crippen molar-refractivity contribution in [1.82, 2.24) is 5.32 Å². The number of carbonyl (C=O) groups excluding carboxylic acids is 1. The fraction of sp³-hybridized carbons (Fsp3) is 0.682. The van der Waals surface area contributed by atoms with Crippen molar-refractivity contribution in [1.29, 1.82) is 0 Å². The Balaban J connectivity index is 1.50. The van der Waals surface area contributed by atoms with Crippen molar-refractivity contribution in [2.45, 2.75) is 82.3 Å². The fourth-order valence-electron chi connectivity index (χ4n) is 5.22. The molecule has 0 aliphatic heterocycles. The van der Waals surface area contributed by atoms with Gasteiger partial charge in [-0.2, -0.15) is 13.2 Å². The smallest absolute Gasteiger partial charge is 0.349 e. The van der Waals surface area contributed by atoms with Gasteiger partial charge in [0.05, 0.1) is 5.56 Å². The van der Waals surface area contributed by atoms with Crippen molar-refractivity contribution in [3.63, 3.8) is 0 Å². The Kier molecular flexibility index (Phi) is 5.21. The molecule has 0 spiro atoms. The number of halogens is 3. The number of carbonyl (C=O) groups is 1. The Labute approximate surface area is 158 Å². The lowest BCUT2D eigenvalue weighted by Crippen LogP contribution is -2.40. The molecule has 2 nitrogen and oxygen atoms in total. The molecule has 1 amide bonds. The fourth-order valence-corrected chi connectivity index (χ4v) is 5.22. The second-order valence-electron chi connectivity index (χ2n) is 8.65. The molecule has 1 aromatic carbocycles. The highest BCUT2D eigenvalue weighted by Gasteiger charge is 2.37. The zero-order valence-electron chi connectivity index (χ0n) is 15.7. The third-order valence-electron chi connectivity index (χ3n) is 6.78. The Morgan fingerprint density at radius 3 is 2.33 bits per heavy atom. The van der Waals surface area contributed by atoms with Gasteiger partial charge < -0.3 is 5.32 Å². The van der Waals surface area contributed by atoms with Crippen LogP contribution in [0.2, 0.25) is 0 Å². The van der Waals surface area contributed by atoms with E-state index in [1.54, 1.807) is 0 Å². The molecule has 1 aromatic rings. The summed E-state index contributed by atoms with van der Waals surface area (Å²) in [6.45, 7) is 0. The van der Waals surface area contributed by atoms with Crippen LogP contribution in [0.1, 0.15) is 91.6 Å². The quantitative estimate of drug-likeness (QED) is 0.677. The molecule has 0 unspecified atom stereocenters. The molecule has 5 heteroatoms. The molecule has 3 aliphatic rings. The number of nitrogens with one attached hydrogen (secondary N) is 1. The van der Waals surface area contributed by atoms with Gasteiger partial charge in [-0.15, -0.1) is 0 Å². The molecule has 4 rings (SSSR count). The van der Waals surface area contributed by atoms with E-state index in [1.807, 2.05) is 0 Å². The first-order valence-corrected chi connectivity index (χ1v) is 10.5. The van der Waals surface area contributed by atoms with E-state index in [0.29, 0.717) is 23.0 Å². The number of amides is 1. The van der Waals surface area contributed by atoms with E-state index in [-0.39, 0.29) is 17.9 Å². The van der Waals surface area contributed by atoms with E-state index in [2.05, 4.69) is 5.32 Å². The first-order chi connectivity index (χ1) is 12.9. The summed E-state index contributed by atoms with van der Waals surface area (Å²) >= 11 is 0. The van der Waals surface area contributed by atoms with Gasteiger partial charge >= 0.3 is 6.18 Å². The van der Waals surface area contributed by atoms with Crippen LogP contribution in [-0.2, 0) is 6.18 Å². The normalized spacial score (nSPS) is 26.9. The van der Waals surface area contributed by atoms with E-state index in [9.17, 15) is 18.0 Å². The number of alkyl halides is 3. The van der Waals surface area contributed by atoms with Gasteiger partial charge in [0, 0.05) is 11.6 Å². The molecule has 148 valence electrons. The maximum absolute atomic E-state index is 13.1. The van der Waals surface area contributed by atoms with Gasteiger partial charge in [0.2, 0.25) is 0 Å². The summed E-state index contributed by atoms with van der Waals surface area (Å²) in [4.78, 5) is 13.0. The first-order valence-electron chi connectivity index (χ1n) is 10.5. The molecular weight excluding hydrogens is 351 g/mol. The van der Waals surface area contributed by atoms with Crippen molar-refractivity contribution >= 4 is 5.91 Å². The summed E-state index contributed by atoms with van der Waals surface area (Å²) in [6.07, 6.45) is 7.06. The SMILES string of the molecule is O=C(N[C@H]1CCC[C@H]1C1CCCCC1)c1ccc(C(F)(F)F)cc1C1CC1. The Morgan fingerprint density at radius 2 is 1.67 bits per heavy atom. The highest BCUT2D eigenvalue weighted by molar-refractivity contribution is 5.96. The van der Waals surface area contributed by atoms with Crippen molar-refractivity contribution in [3.05, 3.63) is 34.9 Å². The molecule has 1 N–H and O–H groups in total. The van der Waals surface area contributed by atoms with Gasteiger partial charge in [0.15, 0.2) is 0 Å². The highest BCUT2D eigenvalue weighted by Crippen LogP contribution is 2.44. The maximum Gasteiger partial charge on any atom is 0.416 e. The molecule has 0 bridgehead atoms. The van der Waals surface area contributed by atoms with E-state index in [0.717, 1.165) is 38.2 Å².